The quantitative estimate of drug-likeness (QED) is 0.345. The number of amides is 1. The fourth-order valence-corrected chi connectivity index (χ4v) is 4.06. The van der Waals surface area contributed by atoms with Crippen molar-refractivity contribution in [3.63, 3.8) is 0 Å². The number of aromatic hydroxyl groups is 1. The van der Waals surface area contributed by atoms with Gasteiger partial charge in [0.15, 0.2) is 0 Å². The van der Waals surface area contributed by atoms with Gasteiger partial charge in [-0.1, -0.05) is 24.3 Å². The van der Waals surface area contributed by atoms with Gasteiger partial charge in [-0.2, -0.15) is 0 Å². The molecule has 1 atom stereocenters. The number of aryl methyl sites for hydroxylation is 1. The predicted molar refractivity (Wildman–Crippen MR) is 124 cm³/mol. The van der Waals surface area contributed by atoms with Crippen LogP contribution in [0.25, 0.3) is 5.76 Å². The number of phenolic OH excluding ortho intramolecular Hbond substituents is 1. The van der Waals surface area contributed by atoms with Crippen LogP contribution in [0.3, 0.4) is 0 Å². The van der Waals surface area contributed by atoms with Crippen molar-refractivity contribution >= 4 is 23.1 Å². The average molecular weight is 445 g/mol. The largest absolute Gasteiger partial charge is 0.507 e. The SMILES string of the molecule is COc1cccc(C2/C(=C(/O)c3ccc(OC)c(C)c3)C(=O)C(=O)N2c2ccccc2O)c1. The van der Waals surface area contributed by atoms with E-state index in [2.05, 4.69) is 0 Å². The molecule has 2 N–H and O–H groups in total. The zero-order valence-electron chi connectivity index (χ0n) is 18.4. The molecule has 0 aliphatic carbocycles. The standard InChI is InChI=1S/C26H23NO6/c1-15-13-17(11-12-21(15)33-3)24(29)22-23(16-7-6-8-18(14-16)32-2)27(26(31)25(22)30)19-9-4-5-10-20(19)28/h4-14,23,28-29H,1-3H3/b24-22-. The number of hydrogen-bond donors (Lipinski definition) is 2. The van der Waals surface area contributed by atoms with Gasteiger partial charge in [0.1, 0.15) is 23.0 Å². The number of aliphatic hydroxyl groups is 1. The van der Waals surface area contributed by atoms with Gasteiger partial charge in [-0.3, -0.25) is 14.5 Å². The molecule has 1 aliphatic heterocycles. The van der Waals surface area contributed by atoms with E-state index in [9.17, 15) is 19.8 Å². The molecule has 7 heteroatoms. The first kappa shape index (κ1) is 22.0. The summed E-state index contributed by atoms with van der Waals surface area (Å²) in [5, 5.41) is 21.7. The highest BCUT2D eigenvalue weighted by Crippen LogP contribution is 2.45. The first-order chi connectivity index (χ1) is 15.9. The maximum absolute atomic E-state index is 13.2. The lowest BCUT2D eigenvalue weighted by molar-refractivity contribution is -0.132. The van der Waals surface area contributed by atoms with E-state index < -0.39 is 17.7 Å². The van der Waals surface area contributed by atoms with Crippen LogP contribution in [0.5, 0.6) is 17.2 Å². The summed E-state index contributed by atoms with van der Waals surface area (Å²) in [5.41, 5.74) is 1.76. The van der Waals surface area contributed by atoms with Crippen molar-refractivity contribution in [2.24, 2.45) is 0 Å². The molecule has 0 aromatic heterocycles. The molecule has 1 aliphatic rings. The lowest BCUT2D eigenvalue weighted by Gasteiger charge is -2.26. The lowest BCUT2D eigenvalue weighted by Crippen LogP contribution is -2.29. The molecule has 1 heterocycles. The van der Waals surface area contributed by atoms with Crippen LogP contribution in [-0.2, 0) is 9.59 Å². The van der Waals surface area contributed by atoms with Gasteiger partial charge in [-0.25, -0.2) is 0 Å². The van der Waals surface area contributed by atoms with E-state index >= 15 is 0 Å². The molecule has 168 valence electrons. The van der Waals surface area contributed by atoms with Crippen molar-refractivity contribution in [3.8, 4) is 17.2 Å². The third-order valence-corrected chi connectivity index (χ3v) is 5.66. The molecule has 1 fully saturated rings. The van der Waals surface area contributed by atoms with Gasteiger partial charge in [0.25, 0.3) is 11.7 Å². The Labute approximate surface area is 191 Å². The number of benzene rings is 3. The molecule has 0 spiro atoms. The van der Waals surface area contributed by atoms with Crippen molar-refractivity contribution in [3.05, 3.63) is 89.0 Å². The second-order valence-corrected chi connectivity index (χ2v) is 7.62. The molecule has 1 unspecified atom stereocenters. The van der Waals surface area contributed by atoms with E-state index in [4.69, 9.17) is 9.47 Å². The number of anilines is 1. The van der Waals surface area contributed by atoms with Crippen LogP contribution in [0.15, 0.2) is 72.3 Å². The van der Waals surface area contributed by atoms with Gasteiger partial charge in [-0.15, -0.1) is 0 Å². The van der Waals surface area contributed by atoms with Gasteiger partial charge in [0.05, 0.1) is 31.5 Å². The third-order valence-electron chi connectivity index (χ3n) is 5.66. The number of hydrogen-bond acceptors (Lipinski definition) is 6. The van der Waals surface area contributed by atoms with Crippen LogP contribution < -0.4 is 14.4 Å². The Bertz CT molecular complexity index is 1280. The van der Waals surface area contributed by atoms with Crippen LogP contribution in [0.2, 0.25) is 0 Å². The van der Waals surface area contributed by atoms with E-state index in [1.54, 1.807) is 67.8 Å². The summed E-state index contributed by atoms with van der Waals surface area (Å²) >= 11 is 0. The average Bonchev–Trinajstić information content (AvgIpc) is 3.09. The Balaban J connectivity index is 1.97. The molecule has 7 nitrogen and oxygen atoms in total. The smallest absolute Gasteiger partial charge is 0.300 e. The number of methoxy groups -OCH3 is 2. The van der Waals surface area contributed by atoms with Crippen LogP contribution >= 0.6 is 0 Å². The van der Waals surface area contributed by atoms with Gasteiger partial charge in [0.2, 0.25) is 0 Å². The summed E-state index contributed by atoms with van der Waals surface area (Å²) in [5.74, 6) is -1.02. The Morgan fingerprint density at radius 2 is 1.70 bits per heavy atom. The Morgan fingerprint density at radius 1 is 0.939 bits per heavy atom. The fourth-order valence-electron chi connectivity index (χ4n) is 4.06. The van der Waals surface area contributed by atoms with E-state index in [1.165, 1.54) is 18.1 Å². The summed E-state index contributed by atoms with van der Waals surface area (Å²) in [6.45, 7) is 1.82. The lowest BCUT2D eigenvalue weighted by atomic mass is 9.94. The number of aliphatic hydroxyl groups excluding tert-OH is 1. The van der Waals surface area contributed by atoms with Crippen LogP contribution in [-0.4, -0.2) is 36.1 Å². The number of carbonyl (C=O) groups excluding carboxylic acids is 2. The molecule has 0 radical (unpaired) electrons. The van der Waals surface area contributed by atoms with Crippen LogP contribution in [0.1, 0.15) is 22.7 Å². The number of Topliss-reactive ketones (excluding diaryl/α,β-unsaturated/α-hetero) is 1. The van der Waals surface area contributed by atoms with Crippen LogP contribution in [0.4, 0.5) is 5.69 Å². The zero-order valence-corrected chi connectivity index (χ0v) is 18.4. The highest BCUT2D eigenvalue weighted by molar-refractivity contribution is 6.51. The van der Waals surface area contributed by atoms with E-state index in [0.717, 1.165) is 5.56 Å². The minimum atomic E-state index is -0.976. The van der Waals surface area contributed by atoms with Crippen LogP contribution in [0, 0.1) is 6.92 Å². The minimum absolute atomic E-state index is 0.0823. The van der Waals surface area contributed by atoms with E-state index in [1.807, 2.05) is 6.92 Å². The molecular formula is C26H23NO6. The molecule has 1 amide bonds. The summed E-state index contributed by atoms with van der Waals surface area (Å²) in [4.78, 5) is 27.6. The molecule has 33 heavy (non-hydrogen) atoms. The number of ketones is 1. The van der Waals surface area contributed by atoms with Crippen molar-refractivity contribution in [2.45, 2.75) is 13.0 Å². The number of para-hydroxylation sites is 2. The van der Waals surface area contributed by atoms with Crippen molar-refractivity contribution in [2.75, 3.05) is 19.1 Å². The topological polar surface area (TPSA) is 96.3 Å². The number of carbonyl (C=O) groups is 2. The van der Waals surface area contributed by atoms with E-state index in [-0.39, 0.29) is 22.8 Å². The van der Waals surface area contributed by atoms with E-state index in [0.29, 0.717) is 22.6 Å². The number of phenols is 1. The molecule has 0 saturated carbocycles. The molecule has 1 saturated heterocycles. The fraction of sp³-hybridized carbons (Fsp3) is 0.154. The summed E-state index contributed by atoms with van der Waals surface area (Å²) in [6.07, 6.45) is 0. The maximum Gasteiger partial charge on any atom is 0.300 e. The minimum Gasteiger partial charge on any atom is -0.507 e. The Morgan fingerprint density at radius 3 is 2.36 bits per heavy atom. The van der Waals surface area contributed by atoms with Gasteiger partial charge < -0.3 is 19.7 Å². The highest BCUT2D eigenvalue weighted by atomic mass is 16.5. The van der Waals surface area contributed by atoms with Crippen molar-refractivity contribution < 1.29 is 29.3 Å². The molecular weight excluding hydrogens is 422 g/mol. The Hall–Kier alpha value is -4.26. The number of ether oxygens (including phenoxy) is 2. The van der Waals surface area contributed by atoms with Crippen molar-refractivity contribution in [1.29, 1.82) is 0 Å². The van der Waals surface area contributed by atoms with Gasteiger partial charge in [-0.05, 0) is 60.5 Å². The second kappa shape index (κ2) is 8.70. The first-order valence-electron chi connectivity index (χ1n) is 10.2. The third kappa shape index (κ3) is 3.78. The monoisotopic (exact) mass is 445 g/mol. The number of rotatable bonds is 5. The van der Waals surface area contributed by atoms with Gasteiger partial charge >= 0.3 is 0 Å². The second-order valence-electron chi connectivity index (χ2n) is 7.62. The zero-order chi connectivity index (χ0) is 23.7. The van der Waals surface area contributed by atoms with Crippen molar-refractivity contribution in [1.82, 2.24) is 0 Å². The highest BCUT2D eigenvalue weighted by Gasteiger charge is 2.47. The molecule has 0 bridgehead atoms. The summed E-state index contributed by atoms with van der Waals surface area (Å²) < 4.78 is 10.6. The molecule has 4 rings (SSSR count). The number of nitrogens with zero attached hydrogens (tertiary/aromatic N) is 1. The Kier molecular flexibility index (Phi) is 5.79. The summed E-state index contributed by atoms with van der Waals surface area (Å²) in [7, 11) is 3.06. The normalized spacial score (nSPS) is 17.3. The predicted octanol–water partition coefficient (Wildman–Crippen LogP) is 4.34. The maximum atomic E-state index is 13.2. The molecule has 3 aromatic rings. The first-order valence-corrected chi connectivity index (χ1v) is 10.2. The van der Waals surface area contributed by atoms with Gasteiger partial charge in [0, 0.05) is 5.56 Å². The molecule has 3 aromatic carbocycles. The summed E-state index contributed by atoms with van der Waals surface area (Å²) in [6, 6.07) is 17.2.